The number of piperidine rings is 1. The van der Waals surface area contributed by atoms with Gasteiger partial charge in [-0.2, -0.15) is 0 Å². The molecule has 1 N–H and O–H groups in total. The standard InChI is InChI=1S/C17H16BrNO3S/c18-11-2-1-3-12(8-11)23(20,21)13-4-5-14-15-6-7-19-10-17(15)22-16(14)9-13/h1-5,8-9,15,17,19H,6-7,10H2. The zero-order valence-electron chi connectivity index (χ0n) is 12.3. The van der Waals surface area contributed by atoms with Gasteiger partial charge < -0.3 is 10.1 Å². The molecule has 2 unspecified atom stereocenters. The van der Waals surface area contributed by atoms with E-state index < -0.39 is 9.84 Å². The van der Waals surface area contributed by atoms with Crippen LogP contribution < -0.4 is 10.1 Å². The second kappa shape index (κ2) is 5.61. The molecule has 0 aliphatic carbocycles. The fourth-order valence-corrected chi connectivity index (χ4v) is 5.21. The third kappa shape index (κ3) is 2.58. The van der Waals surface area contributed by atoms with E-state index in [2.05, 4.69) is 21.2 Å². The average Bonchev–Trinajstić information content (AvgIpc) is 2.92. The molecule has 2 aromatic carbocycles. The van der Waals surface area contributed by atoms with Crippen LogP contribution in [0.15, 0.2) is 56.7 Å². The SMILES string of the molecule is O=S(=O)(c1cccc(Br)c1)c1ccc2c(c1)OC1CNCCC21. The van der Waals surface area contributed by atoms with Gasteiger partial charge in [0.05, 0.1) is 9.79 Å². The fourth-order valence-electron chi connectivity index (χ4n) is 3.33. The van der Waals surface area contributed by atoms with Gasteiger partial charge >= 0.3 is 0 Å². The van der Waals surface area contributed by atoms with Gasteiger partial charge in [0.1, 0.15) is 11.9 Å². The van der Waals surface area contributed by atoms with E-state index in [0.717, 1.165) is 29.5 Å². The number of hydrogen-bond acceptors (Lipinski definition) is 4. The van der Waals surface area contributed by atoms with Crippen molar-refractivity contribution in [3.05, 3.63) is 52.5 Å². The minimum absolute atomic E-state index is 0.113. The summed E-state index contributed by atoms with van der Waals surface area (Å²) in [5.74, 6) is 1.08. The first-order chi connectivity index (χ1) is 11.1. The summed E-state index contributed by atoms with van der Waals surface area (Å²) in [4.78, 5) is 0.560. The summed E-state index contributed by atoms with van der Waals surface area (Å²) in [6.07, 6.45) is 1.14. The summed E-state index contributed by atoms with van der Waals surface area (Å²) in [6.45, 7) is 1.79. The second-order valence-corrected chi connectivity index (χ2v) is 8.78. The largest absolute Gasteiger partial charge is 0.488 e. The second-order valence-electron chi connectivity index (χ2n) is 5.92. The van der Waals surface area contributed by atoms with E-state index in [4.69, 9.17) is 4.74 Å². The van der Waals surface area contributed by atoms with Crippen molar-refractivity contribution in [1.82, 2.24) is 5.32 Å². The van der Waals surface area contributed by atoms with Crippen LogP contribution in [0.5, 0.6) is 5.75 Å². The molecule has 2 atom stereocenters. The number of halogens is 1. The van der Waals surface area contributed by atoms with E-state index in [1.165, 1.54) is 0 Å². The van der Waals surface area contributed by atoms with Crippen LogP contribution in [-0.4, -0.2) is 27.6 Å². The molecule has 0 aromatic heterocycles. The highest BCUT2D eigenvalue weighted by molar-refractivity contribution is 9.10. The normalized spacial score (nSPS) is 23.0. The molecule has 0 amide bonds. The van der Waals surface area contributed by atoms with Crippen molar-refractivity contribution in [2.75, 3.05) is 13.1 Å². The van der Waals surface area contributed by atoms with E-state index >= 15 is 0 Å². The molecule has 2 aromatic rings. The van der Waals surface area contributed by atoms with Crippen molar-refractivity contribution in [1.29, 1.82) is 0 Å². The van der Waals surface area contributed by atoms with Gasteiger partial charge in [0.15, 0.2) is 0 Å². The molecule has 2 heterocycles. The molecule has 120 valence electrons. The number of ether oxygens (including phenoxy) is 1. The maximum atomic E-state index is 12.8. The number of hydrogen-bond donors (Lipinski definition) is 1. The molecule has 2 aliphatic rings. The first-order valence-corrected chi connectivity index (χ1v) is 9.85. The molecular weight excluding hydrogens is 378 g/mol. The van der Waals surface area contributed by atoms with Gasteiger partial charge in [0.25, 0.3) is 0 Å². The van der Waals surface area contributed by atoms with Gasteiger partial charge in [-0.3, -0.25) is 0 Å². The number of benzene rings is 2. The number of sulfone groups is 1. The number of rotatable bonds is 2. The zero-order valence-corrected chi connectivity index (χ0v) is 14.7. The summed E-state index contributed by atoms with van der Waals surface area (Å²) in [7, 11) is -3.54. The molecule has 0 radical (unpaired) electrons. The van der Waals surface area contributed by atoms with Gasteiger partial charge in [0, 0.05) is 22.5 Å². The van der Waals surface area contributed by atoms with Crippen LogP contribution in [0.3, 0.4) is 0 Å². The first kappa shape index (κ1) is 15.2. The van der Waals surface area contributed by atoms with E-state index in [9.17, 15) is 8.42 Å². The number of nitrogens with one attached hydrogen (secondary N) is 1. The summed E-state index contributed by atoms with van der Waals surface area (Å²) < 4.78 is 32.3. The Hall–Kier alpha value is -1.37. The van der Waals surface area contributed by atoms with E-state index in [-0.39, 0.29) is 15.9 Å². The van der Waals surface area contributed by atoms with Crippen LogP contribution in [0.25, 0.3) is 0 Å². The smallest absolute Gasteiger partial charge is 0.206 e. The lowest BCUT2D eigenvalue weighted by atomic mass is 9.90. The van der Waals surface area contributed by atoms with Gasteiger partial charge in [-0.25, -0.2) is 8.42 Å². The quantitative estimate of drug-likeness (QED) is 0.851. The summed E-state index contributed by atoms with van der Waals surface area (Å²) in [5.41, 5.74) is 1.13. The topological polar surface area (TPSA) is 55.4 Å². The van der Waals surface area contributed by atoms with Gasteiger partial charge in [-0.15, -0.1) is 0 Å². The van der Waals surface area contributed by atoms with Crippen molar-refractivity contribution in [2.45, 2.75) is 28.2 Å². The van der Waals surface area contributed by atoms with Crippen LogP contribution in [0.1, 0.15) is 17.9 Å². The molecule has 0 saturated carbocycles. The Morgan fingerprint density at radius 2 is 1.96 bits per heavy atom. The molecule has 4 nitrogen and oxygen atoms in total. The Bertz CT molecular complexity index is 866. The zero-order chi connectivity index (χ0) is 16.0. The first-order valence-electron chi connectivity index (χ1n) is 7.58. The van der Waals surface area contributed by atoms with Crippen molar-refractivity contribution >= 4 is 25.8 Å². The Kier molecular flexibility index (Phi) is 3.70. The molecule has 1 saturated heterocycles. The highest BCUT2D eigenvalue weighted by Gasteiger charge is 2.36. The van der Waals surface area contributed by atoms with Crippen LogP contribution in [0.4, 0.5) is 0 Å². The molecule has 23 heavy (non-hydrogen) atoms. The third-order valence-corrected chi connectivity index (χ3v) is 6.75. The van der Waals surface area contributed by atoms with Crippen LogP contribution in [0.2, 0.25) is 0 Å². The van der Waals surface area contributed by atoms with Crippen molar-refractivity contribution < 1.29 is 13.2 Å². The van der Waals surface area contributed by atoms with E-state index in [1.54, 1.807) is 30.3 Å². The van der Waals surface area contributed by atoms with Crippen LogP contribution >= 0.6 is 15.9 Å². The Morgan fingerprint density at radius 3 is 2.78 bits per heavy atom. The lowest BCUT2D eigenvalue weighted by Crippen LogP contribution is -2.39. The average molecular weight is 394 g/mol. The van der Waals surface area contributed by atoms with E-state index in [0.29, 0.717) is 11.7 Å². The van der Waals surface area contributed by atoms with Crippen LogP contribution in [0, 0.1) is 0 Å². The fraction of sp³-hybridized carbons (Fsp3) is 0.294. The molecule has 0 bridgehead atoms. The molecule has 0 spiro atoms. The molecule has 1 fully saturated rings. The summed E-state index contributed by atoms with van der Waals surface area (Å²) in [6, 6.07) is 12.0. The predicted octanol–water partition coefficient (Wildman–Crippen LogP) is 3.12. The highest BCUT2D eigenvalue weighted by atomic mass is 79.9. The van der Waals surface area contributed by atoms with Crippen LogP contribution in [-0.2, 0) is 9.84 Å². The number of fused-ring (bicyclic) bond motifs is 3. The minimum atomic E-state index is -3.54. The third-order valence-electron chi connectivity index (χ3n) is 4.51. The molecular formula is C17H16BrNO3S. The molecule has 2 aliphatic heterocycles. The van der Waals surface area contributed by atoms with Gasteiger partial charge in [-0.05, 0) is 43.3 Å². The summed E-state index contributed by atoms with van der Waals surface area (Å²) >= 11 is 3.32. The minimum Gasteiger partial charge on any atom is -0.488 e. The maximum absolute atomic E-state index is 12.8. The lowest BCUT2D eigenvalue weighted by molar-refractivity contribution is 0.176. The highest BCUT2D eigenvalue weighted by Crippen LogP contribution is 2.42. The maximum Gasteiger partial charge on any atom is 0.206 e. The Morgan fingerprint density at radius 1 is 1.13 bits per heavy atom. The van der Waals surface area contributed by atoms with Gasteiger partial charge in [-0.1, -0.05) is 28.1 Å². The predicted molar refractivity (Wildman–Crippen MR) is 90.7 cm³/mol. The lowest BCUT2D eigenvalue weighted by Gasteiger charge is -2.24. The summed E-state index contributed by atoms with van der Waals surface area (Å²) in [5, 5.41) is 3.32. The van der Waals surface area contributed by atoms with Crippen molar-refractivity contribution in [3.63, 3.8) is 0 Å². The van der Waals surface area contributed by atoms with E-state index in [1.807, 2.05) is 12.1 Å². The van der Waals surface area contributed by atoms with Gasteiger partial charge in [0.2, 0.25) is 9.84 Å². The Balaban J connectivity index is 1.74. The molecule has 4 rings (SSSR count). The monoisotopic (exact) mass is 393 g/mol. The van der Waals surface area contributed by atoms with Crippen molar-refractivity contribution in [3.8, 4) is 5.75 Å². The Labute approximate surface area is 143 Å². The van der Waals surface area contributed by atoms with Crippen molar-refractivity contribution in [2.24, 2.45) is 0 Å². The molecule has 6 heteroatoms.